The Morgan fingerprint density at radius 3 is 2.83 bits per heavy atom. The van der Waals surface area contributed by atoms with E-state index in [4.69, 9.17) is 4.74 Å². The normalized spacial score (nSPS) is 10.4. The molecule has 1 heterocycles. The van der Waals surface area contributed by atoms with Crippen LogP contribution in [0.1, 0.15) is 24.6 Å². The zero-order valence-electron chi connectivity index (χ0n) is 11.5. The summed E-state index contributed by atoms with van der Waals surface area (Å²) in [5.41, 5.74) is 1.98. The van der Waals surface area contributed by atoms with Gasteiger partial charge in [-0.3, -0.25) is 4.79 Å². The van der Waals surface area contributed by atoms with Crippen molar-refractivity contribution in [2.24, 2.45) is 7.05 Å². The molecule has 102 valence electrons. The van der Waals surface area contributed by atoms with Crippen LogP contribution < -0.4 is 15.4 Å². The second kappa shape index (κ2) is 7.00. The number of rotatable bonds is 7. The summed E-state index contributed by atoms with van der Waals surface area (Å²) in [5.74, 6) is 0.831. The van der Waals surface area contributed by atoms with Crippen LogP contribution >= 0.6 is 0 Å². The lowest BCUT2D eigenvalue weighted by Gasteiger charge is -2.07. The van der Waals surface area contributed by atoms with Crippen molar-refractivity contribution in [1.82, 2.24) is 20.4 Å². The number of hydrogen-bond acceptors (Lipinski definition) is 4. The molecule has 0 bridgehead atoms. The van der Waals surface area contributed by atoms with E-state index in [-0.39, 0.29) is 5.91 Å². The van der Waals surface area contributed by atoms with E-state index in [2.05, 4.69) is 15.7 Å². The minimum absolute atomic E-state index is 0.0693. The summed E-state index contributed by atoms with van der Waals surface area (Å²) in [6.07, 6.45) is 0.482. The van der Waals surface area contributed by atoms with Crippen LogP contribution in [0.15, 0.2) is 0 Å². The Morgan fingerprint density at radius 1 is 1.50 bits per heavy atom. The average Bonchev–Trinajstić information content (AvgIpc) is 2.59. The molecule has 0 fully saturated rings. The second-order valence-electron chi connectivity index (χ2n) is 4.08. The third-order valence-corrected chi connectivity index (χ3v) is 2.69. The predicted octanol–water partition coefficient (Wildman–Crippen LogP) is 0.353. The van der Waals surface area contributed by atoms with Crippen LogP contribution in [0.25, 0.3) is 0 Å². The summed E-state index contributed by atoms with van der Waals surface area (Å²) in [5, 5.41) is 10.3. The minimum Gasteiger partial charge on any atom is -0.481 e. The van der Waals surface area contributed by atoms with Crippen LogP contribution in [0.5, 0.6) is 5.88 Å². The number of nitrogens with one attached hydrogen (secondary N) is 2. The molecule has 0 saturated heterocycles. The smallest absolute Gasteiger partial charge is 0.221 e. The van der Waals surface area contributed by atoms with E-state index >= 15 is 0 Å². The van der Waals surface area contributed by atoms with E-state index in [1.807, 2.05) is 20.9 Å². The number of ether oxygens (including phenoxy) is 1. The quantitative estimate of drug-likeness (QED) is 0.689. The number of carbonyl (C=O) groups is 1. The lowest BCUT2D eigenvalue weighted by atomic mass is 10.2. The first-order valence-electron chi connectivity index (χ1n) is 6.14. The van der Waals surface area contributed by atoms with Gasteiger partial charge in [0, 0.05) is 33.1 Å². The molecule has 0 radical (unpaired) electrons. The molecule has 0 atom stereocenters. The van der Waals surface area contributed by atoms with Gasteiger partial charge in [0.2, 0.25) is 11.8 Å². The monoisotopic (exact) mass is 254 g/mol. The standard InChI is InChI=1S/C12H22N4O2/c1-5-14-11(17)6-7-13-8-10-9(2)15-16(3)12(10)18-4/h13H,5-8H2,1-4H3,(H,14,17). The van der Waals surface area contributed by atoms with Gasteiger partial charge in [0.15, 0.2) is 0 Å². The highest BCUT2D eigenvalue weighted by Crippen LogP contribution is 2.20. The van der Waals surface area contributed by atoms with Crippen molar-refractivity contribution in [3.05, 3.63) is 11.3 Å². The second-order valence-corrected chi connectivity index (χ2v) is 4.08. The van der Waals surface area contributed by atoms with Crippen molar-refractivity contribution in [1.29, 1.82) is 0 Å². The number of methoxy groups -OCH3 is 1. The molecule has 0 saturated carbocycles. The van der Waals surface area contributed by atoms with Crippen LogP contribution in [0.4, 0.5) is 0 Å². The van der Waals surface area contributed by atoms with E-state index in [9.17, 15) is 4.79 Å². The van der Waals surface area contributed by atoms with E-state index in [0.717, 1.165) is 17.1 Å². The van der Waals surface area contributed by atoms with Crippen molar-refractivity contribution in [3.63, 3.8) is 0 Å². The first kappa shape index (κ1) is 14.5. The fourth-order valence-electron chi connectivity index (χ4n) is 1.84. The maximum Gasteiger partial charge on any atom is 0.221 e. The number of aryl methyl sites for hydroxylation is 2. The Morgan fingerprint density at radius 2 is 2.22 bits per heavy atom. The maximum atomic E-state index is 11.3. The van der Waals surface area contributed by atoms with Crippen molar-refractivity contribution in [2.45, 2.75) is 26.8 Å². The number of hydrogen-bond donors (Lipinski definition) is 2. The van der Waals surface area contributed by atoms with Crippen LogP contribution in [0.2, 0.25) is 0 Å². The molecule has 18 heavy (non-hydrogen) atoms. The van der Waals surface area contributed by atoms with Gasteiger partial charge < -0.3 is 15.4 Å². The van der Waals surface area contributed by atoms with E-state index < -0.39 is 0 Å². The fourth-order valence-corrected chi connectivity index (χ4v) is 1.84. The zero-order chi connectivity index (χ0) is 13.5. The van der Waals surface area contributed by atoms with Crippen molar-refractivity contribution < 1.29 is 9.53 Å². The largest absolute Gasteiger partial charge is 0.481 e. The van der Waals surface area contributed by atoms with Gasteiger partial charge in [-0.05, 0) is 13.8 Å². The van der Waals surface area contributed by atoms with Gasteiger partial charge in [0.1, 0.15) is 0 Å². The van der Waals surface area contributed by atoms with Gasteiger partial charge in [0.05, 0.1) is 18.4 Å². The van der Waals surface area contributed by atoms with Gasteiger partial charge in [-0.15, -0.1) is 0 Å². The minimum atomic E-state index is 0.0693. The number of aromatic nitrogens is 2. The molecule has 0 aliphatic rings. The van der Waals surface area contributed by atoms with E-state index in [1.165, 1.54) is 0 Å². The van der Waals surface area contributed by atoms with Crippen LogP contribution in [-0.4, -0.2) is 35.9 Å². The Bertz CT molecular complexity index is 401. The molecule has 6 nitrogen and oxygen atoms in total. The Kier molecular flexibility index (Phi) is 5.64. The van der Waals surface area contributed by atoms with Gasteiger partial charge in [-0.1, -0.05) is 0 Å². The maximum absolute atomic E-state index is 11.3. The highest BCUT2D eigenvalue weighted by atomic mass is 16.5. The molecule has 2 N–H and O–H groups in total. The molecular formula is C12H22N4O2. The summed E-state index contributed by atoms with van der Waals surface area (Å²) in [6, 6.07) is 0. The predicted molar refractivity (Wildman–Crippen MR) is 69.5 cm³/mol. The number of amides is 1. The SMILES string of the molecule is CCNC(=O)CCNCc1c(C)nn(C)c1OC. The Balaban J connectivity index is 2.42. The molecule has 0 spiro atoms. The molecule has 6 heteroatoms. The van der Waals surface area contributed by atoms with Gasteiger partial charge in [0.25, 0.3) is 0 Å². The van der Waals surface area contributed by atoms with E-state index in [1.54, 1.807) is 11.8 Å². The van der Waals surface area contributed by atoms with Crippen molar-refractivity contribution in [3.8, 4) is 5.88 Å². The molecule has 0 aromatic carbocycles. The topological polar surface area (TPSA) is 68.2 Å². The molecule has 0 unspecified atom stereocenters. The van der Waals surface area contributed by atoms with E-state index in [0.29, 0.717) is 26.1 Å². The average molecular weight is 254 g/mol. The summed E-state index contributed by atoms with van der Waals surface area (Å²) < 4.78 is 7.01. The Labute approximate surface area is 108 Å². The number of carbonyl (C=O) groups excluding carboxylic acids is 1. The molecule has 1 amide bonds. The summed E-state index contributed by atoms with van der Waals surface area (Å²) in [6.45, 7) is 5.83. The van der Waals surface area contributed by atoms with Gasteiger partial charge in [-0.25, -0.2) is 4.68 Å². The summed E-state index contributed by atoms with van der Waals surface area (Å²) >= 11 is 0. The van der Waals surface area contributed by atoms with Crippen molar-refractivity contribution in [2.75, 3.05) is 20.2 Å². The lowest BCUT2D eigenvalue weighted by molar-refractivity contribution is -0.120. The molecule has 0 aliphatic heterocycles. The molecular weight excluding hydrogens is 232 g/mol. The molecule has 1 rings (SSSR count). The van der Waals surface area contributed by atoms with Crippen LogP contribution in [0, 0.1) is 6.92 Å². The first-order valence-corrected chi connectivity index (χ1v) is 6.14. The highest BCUT2D eigenvalue weighted by molar-refractivity contribution is 5.75. The molecule has 1 aromatic heterocycles. The molecule has 0 aliphatic carbocycles. The van der Waals surface area contributed by atoms with Gasteiger partial charge >= 0.3 is 0 Å². The Hall–Kier alpha value is -1.56. The highest BCUT2D eigenvalue weighted by Gasteiger charge is 2.12. The van der Waals surface area contributed by atoms with Gasteiger partial charge in [-0.2, -0.15) is 5.10 Å². The third kappa shape index (κ3) is 3.73. The summed E-state index contributed by atoms with van der Waals surface area (Å²) in [7, 11) is 3.48. The molecule has 1 aromatic rings. The zero-order valence-corrected chi connectivity index (χ0v) is 11.5. The van der Waals surface area contributed by atoms with Crippen molar-refractivity contribution >= 4 is 5.91 Å². The lowest BCUT2D eigenvalue weighted by Crippen LogP contribution is -2.27. The van der Waals surface area contributed by atoms with Crippen LogP contribution in [0.3, 0.4) is 0 Å². The summed E-state index contributed by atoms with van der Waals surface area (Å²) in [4.78, 5) is 11.3. The van der Waals surface area contributed by atoms with Crippen LogP contribution in [-0.2, 0) is 18.4 Å². The third-order valence-electron chi connectivity index (χ3n) is 2.69. The first-order chi connectivity index (χ1) is 8.60. The fraction of sp³-hybridized carbons (Fsp3) is 0.667. The number of nitrogens with zero attached hydrogens (tertiary/aromatic N) is 2.